The number of nitrogens with zero attached hydrogens (tertiary/aromatic N) is 1. The van der Waals surface area contributed by atoms with E-state index >= 15 is 0 Å². The van der Waals surface area contributed by atoms with Gasteiger partial charge >= 0.3 is 6.16 Å². The van der Waals surface area contributed by atoms with Crippen molar-refractivity contribution in [1.82, 2.24) is 4.98 Å². The summed E-state index contributed by atoms with van der Waals surface area (Å²) in [5, 5.41) is 0.314. The largest absolute Gasteiger partial charge is 0.515 e. The Morgan fingerprint density at radius 1 is 1.47 bits per heavy atom. The summed E-state index contributed by atoms with van der Waals surface area (Å²) in [5.41, 5.74) is 0.821. The van der Waals surface area contributed by atoms with Crippen LogP contribution in [0.5, 0.6) is 5.19 Å². The number of carbonyl (C=O) groups excluding carboxylic acids is 1. The van der Waals surface area contributed by atoms with Crippen LogP contribution in [0.2, 0.25) is 0 Å². The average Bonchev–Trinajstić information content (AvgIpc) is 2.59. The van der Waals surface area contributed by atoms with Crippen LogP contribution in [0, 0.1) is 0 Å². The molecule has 0 aliphatic carbocycles. The number of thiazole rings is 1. The lowest BCUT2D eigenvalue weighted by Gasteiger charge is -1.98. The average molecular weight is 223 g/mol. The van der Waals surface area contributed by atoms with Crippen molar-refractivity contribution in [3.05, 3.63) is 24.3 Å². The molecule has 2 rings (SSSR count). The Morgan fingerprint density at radius 3 is 3.00 bits per heavy atom. The van der Waals surface area contributed by atoms with E-state index in [0.717, 1.165) is 10.2 Å². The Hall–Kier alpha value is -1.62. The first-order valence-electron chi connectivity index (χ1n) is 4.50. The van der Waals surface area contributed by atoms with Gasteiger partial charge in [-0.1, -0.05) is 23.5 Å². The third kappa shape index (κ3) is 2.24. The summed E-state index contributed by atoms with van der Waals surface area (Å²) in [7, 11) is 0. The lowest BCUT2D eigenvalue weighted by Crippen LogP contribution is -2.09. The summed E-state index contributed by atoms with van der Waals surface area (Å²) in [6.45, 7) is 2.02. The highest BCUT2D eigenvalue weighted by Gasteiger charge is 2.09. The van der Waals surface area contributed by atoms with Gasteiger partial charge in [-0.2, -0.15) is 0 Å². The molecule has 0 saturated carbocycles. The van der Waals surface area contributed by atoms with Gasteiger partial charge in [0.15, 0.2) is 0 Å². The smallest absolute Gasteiger partial charge is 0.434 e. The minimum atomic E-state index is -0.712. The number of hydrogen-bond acceptors (Lipinski definition) is 5. The number of para-hydroxylation sites is 1. The van der Waals surface area contributed by atoms with E-state index in [9.17, 15) is 4.79 Å². The Bertz CT molecular complexity index is 447. The Kier molecular flexibility index (Phi) is 2.82. The molecule has 5 heteroatoms. The van der Waals surface area contributed by atoms with Gasteiger partial charge in [-0.15, -0.1) is 0 Å². The van der Waals surface area contributed by atoms with Gasteiger partial charge in [0.1, 0.15) is 0 Å². The summed E-state index contributed by atoms with van der Waals surface area (Å²) in [4.78, 5) is 15.1. The molecule has 0 N–H and O–H groups in total. The zero-order valence-corrected chi connectivity index (χ0v) is 8.91. The number of ether oxygens (including phenoxy) is 2. The lowest BCUT2D eigenvalue weighted by molar-refractivity contribution is 0.104. The van der Waals surface area contributed by atoms with E-state index in [1.54, 1.807) is 6.92 Å². The standard InChI is InChI=1S/C10H9NO3S/c1-2-13-10(12)14-9-11-7-5-3-4-6-8(7)15-9/h3-6H,2H2,1H3. The minimum Gasteiger partial charge on any atom is -0.434 e. The fourth-order valence-corrected chi connectivity index (χ4v) is 1.92. The lowest BCUT2D eigenvalue weighted by atomic mass is 10.3. The number of carbonyl (C=O) groups is 1. The van der Waals surface area contributed by atoms with Crippen molar-refractivity contribution in [2.24, 2.45) is 0 Å². The topological polar surface area (TPSA) is 48.4 Å². The SMILES string of the molecule is CCOC(=O)Oc1nc2ccccc2s1. The number of fused-ring (bicyclic) bond motifs is 1. The quantitative estimate of drug-likeness (QED) is 0.734. The molecule has 0 aliphatic rings. The number of hydrogen-bond donors (Lipinski definition) is 0. The molecule has 1 heterocycles. The van der Waals surface area contributed by atoms with Crippen LogP contribution in [0.25, 0.3) is 10.2 Å². The third-order valence-electron chi connectivity index (χ3n) is 1.71. The number of benzene rings is 1. The highest BCUT2D eigenvalue weighted by Crippen LogP contribution is 2.27. The molecule has 2 aromatic rings. The summed E-state index contributed by atoms with van der Waals surface area (Å²) in [5.74, 6) is 0. The first kappa shape index (κ1) is 9.92. The molecule has 0 radical (unpaired) electrons. The number of aromatic nitrogens is 1. The van der Waals surface area contributed by atoms with E-state index in [4.69, 9.17) is 4.74 Å². The fraction of sp³-hybridized carbons (Fsp3) is 0.200. The molecule has 1 aromatic carbocycles. The third-order valence-corrected chi connectivity index (χ3v) is 2.62. The van der Waals surface area contributed by atoms with Crippen molar-refractivity contribution in [1.29, 1.82) is 0 Å². The second-order valence-electron chi connectivity index (χ2n) is 2.73. The van der Waals surface area contributed by atoms with Crippen molar-refractivity contribution in [3.63, 3.8) is 0 Å². The van der Waals surface area contributed by atoms with Crippen molar-refractivity contribution < 1.29 is 14.3 Å². The highest BCUT2D eigenvalue weighted by atomic mass is 32.1. The van der Waals surface area contributed by atoms with E-state index in [1.165, 1.54) is 11.3 Å². The van der Waals surface area contributed by atoms with Crippen LogP contribution in [0.15, 0.2) is 24.3 Å². The van der Waals surface area contributed by atoms with E-state index in [2.05, 4.69) is 9.72 Å². The van der Waals surface area contributed by atoms with Gasteiger partial charge in [-0.25, -0.2) is 9.78 Å². The van der Waals surface area contributed by atoms with Crippen molar-refractivity contribution in [3.8, 4) is 5.19 Å². The normalized spacial score (nSPS) is 10.2. The van der Waals surface area contributed by atoms with Gasteiger partial charge in [-0.3, -0.25) is 0 Å². The zero-order chi connectivity index (χ0) is 10.7. The van der Waals surface area contributed by atoms with Gasteiger partial charge < -0.3 is 9.47 Å². The summed E-state index contributed by atoms with van der Waals surface area (Å²) in [6, 6.07) is 7.58. The molecule has 0 spiro atoms. The molecule has 15 heavy (non-hydrogen) atoms. The summed E-state index contributed by atoms with van der Waals surface area (Å²) in [6.07, 6.45) is -0.712. The van der Waals surface area contributed by atoms with Crippen LogP contribution >= 0.6 is 11.3 Å². The second-order valence-corrected chi connectivity index (χ2v) is 3.73. The molecule has 0 saturated heterocycles. The van der Waals surface area contributed by atoms with Gasteiger partial charge in [0.05, 0.1) is 16.8 Å². The Labute approximate surface area is 90.5 Å². The monoisotopic (exact) mass is 223 g/mol. The zero-order valence-electron chi connectivity index (χ0n) is 8.10. The maximum absolute atomic E-state index is 11.0. The molecule has 0 aliphatic heterocycles. The molecule has 78 valence electrons. The van der Waals surface area contributed by atoms with Crippen molar-refractivity contribution >= 4 is 27.7 Å². The first-order valence-corrected chi connectivity index (χ1v) is 5.31. The van der Waals surface area contributed by atoms with Gasteiger partial charge in [0, 0.05) is 0 Å². The molecule has 0 fully saturated rings. The van der Waals surface area contributed by atoms with E-state index in [1.807, 2.05) is 24.3 Å². The fourth-order valence-electron chi connectivity index (χ4n) is 1.11. The van der Waals surface area contributed by atoms with Gasteiger partial charge in [-0.05, 0) is 19.1 Å². The molecule has 0 bridgehead atoms. The van der Waals surface area contributed by atoms with Crippen molar-refractivity contribution in [2.75, 3.05) is 6.61 Å². The maximum Gasteiger partial charge on any atom is 0.515 e. The predicted octanol–water partition coefficient (Wildman–Crippen LogP) is 2.83. The maximum atomic E-state index is 11.0. The molecule has 0 amide bonds. The first-order chi connectivity index (χ1) is 7.29. The van der Waals surface area contributed by atoms with Crippen LogP contribution in [-0.2, 0) is 4.74 Å². The molecular formula is C10H9NO3S. The van der Waals surface area contributed by atoms with E-state index in [0.29, 0.717) is 11.8 Å². The van der Waals surface area contributed by atoms with Gasteiger partial charge in [0.25, 0.3) is 5.19 Å². The highest BCUT2D eigenvalue weighted by molar-refractivity contribution is 7.20. The number of rotatable bonds is 2. The van der Waals surface area contributed by atoms with Gasteiger partial charge in [0.2, 0.25) is 0 Å². The molecule has 4 nitrogen and oxygen atoms in total. The van der Waals surface area contributed by atoms with Crippen LogP contribution in [0.4, 0.5) is 4.79 Å². The van der Waals surface area contributed by atoms with Crippen LogP contribution in [0.3, 0.4) is 0 Å². The second kappa shape index (κ2) is 4.27. The predicted molar refractivity (Wildman–Crippen MR) is 57.3 cm³/mol. The minimum absolute atomic E-state index is 0.295. The van der Waals surface area contributed by atoms with Crippen molar-refractivity contribution in [2.45, 2.75) is 6.92 Å². The van der Waals surface area contributed by atoms with E-state index < -0.39 is 6.16 Å². The summed E-state index contributed by atoms with van der Waals surface area (Å²) < 4.78 is 10.5. The van der Waals surface area contributed by atoms with Crippen LogP contribution in [0.1, 0.15) is 6.92 Å². The molecular weight excluding hydrogens is 214 g/mol. The molecule has 0 atom stereocenters. The Morgan fingerprint density at radius 2 is 2.27 bits per heavy atom. The van der Waals surface area contributed by atoms with Crippen LogP contribution in [-0.4, -0.2) is 17.7 Å². The van der Waals surface area contributed by atoms with E-state index in [-0.39, 0.29) is 0 Å². The van der Waals surface area contributed by atoms with Crippen LogP contribution < -0.4 is 4.74 Å². The Balaban J connectivity index is 2.18. The summed E-state index contributed by atoms with van der Waals surface area (Å²) >= 11 is 1.32. The molecule has 1 aromatic heterocycles. The molecule has 0 unspecified atom stereocenters.